The zero-order chi connectivity index (χ0) is 11.6. The Bertz CT molecular complexity index is 255. The number of carbonyl (C=O) groups is 1. The van der Waals surface area contributed by atoms with Gasteiger partial charge in [-0.05, 0) is 19.3 Å². The van der Waals surface area contributed by atoms with Crippen molar-refractivity contribution in [1.29, 1.82) is 0 Å². The summed E-state index contributed by atoms with van der Waals surface area (Å²) in [5.74, 6) is 0.337. The lowest BCUT2D eigenvalue weighted by molar-refractivity contribution is -0.163. The first-order valence-electron chi connectivity index (χ1n) is 6.23. The van der Waals surface area contributed by atoms with Gasteiger partial charge >= 0.3 is 0 Å². The summed E-state index contributed by atoms with van der Waals surface area (Å²) < 4.78 is 5.24. The maximum atomic E-state index is 12.0. The second kappa shape index (κ2) is 4.72. The van der Waals surface area contributed by atoms with Crippen molar-refractivity contribution in [2.45, 2.75) is 38.2 Å². The maximum absolute atomic E-state index is 12.0. The second-order valence-corrected chi connectivity index (χ2v) is 5.06. The Kier molecular flexibility index (Phi) is 3.50. The molecular formula is C12H21NO3. The summed E-state index contributed by atoms with van der Waals surface area (Å²) in [7, 11) is 0. The summed E-state index contributed by atoms with van der Waals surface area (Å²) in [6.45, 7) is 4.50. The second-order valence-electron chi connectivity index (χ2n) is 5.06. The van der Waals surface area contributed by atoms with Crippen LogP contribution in [0.15, 0.2) is 0 Å². The fraction of sp³-hybridized carbons (Fsp3) is 0.917. The van der Waals surface area contributed by atoms with Gasteiger partial charge in [0, 0.05) is 19.1 Å². The molecule has 2 fully saturated rings. The Morgan fingerprint density at radius 1 is 1.44 bits per heavy atom. The number of carbonyl (C=O) groups excluding carboxylic acids is 1. The first kappa shape index (κ1) is 11.9. The number of nitrogens with zero attached hydrogens (tertiary/aromatic N) is 1. The van der Waals surface area contributed by atoms with Crippen molar-refractivity contribution in [2.24, 2.45) is 5.92 Å². The third kappa shape index (κ3) is 2.38. The molecular weight excluding hydrogens is 206 g/mol. The van der Waals surface area contributed by atoms with Gasteiger partial charge in [-0.3, -0.25) is 4.79 Å². The molecule has 2 aliphatic rings. The minimum atomic E-state index is -0.602. The number of rotatable bonds is 3. The van der Waals surface area contributed by atoms with Crippen LogP contribution < -0.4 is 0 Å². The summed E-state index contributed by atoms with van der Waals surface area (Å²) in [5, 5.41) is 10.0. The molecule has 0 radical (unpaired) electrons. The number of hydrogen-bond donors (Lipinski definition) is 1. The smallest absolute Gasteiger partial charge is 0.226 e. The molecule has 0 atom stereocenters. The fourth-order valence-corrected chi connectivity index (χ4v) is 2.65. The molecule has 4 heteroatoms. The molecule has 2 saturated heterocycles. The largest absolute Gasteiger partial charge is 0.386 e. The van der Waals surface area contributed by atoms with Crippen molar-refractivity contribution in [3.05, 3.63) is 0 Å². The molecule has 0 spiro atoms. The fourth-order valence-electron chi connectivity index (χ4n) is 2.65. The number of hydrogen-bond acceptors (Lipinski definition) is 3. The average molecular weight is 227 g/mol. The van der Waals surface area contributed by atoms with E-state index in [1.165, 1.54) is 0 Å². The van der Waals surface area contributed by atoms with Gasteiger partial charge in [-0.25, -0.2) is 0 Å². The lowest BCUT2D eigenvalue weighted by atomic mass is 9.87. The standard InChI is InChI=1S/C12H21NO3/c1-2-5-12(15)8-13(9-12)11(14)10-3-6-16-7-4-10/h10,15H,2-9H2,1H3. The summed E-state index contributed by atoms with van der Waals surface area (Å²) in [6, 6.07) is 0. The van der Waals surface area contributed by atoms with E-state index in [2.05, 4.69) is 6.92 Å². The molecule has 0 aromatic carbocycles. The number of amides is 1. The number of β-amino-alcohol motifs (C(OH)–C–C–N with tert-alkyl or cyclic N) is 1. The van der Waals surface area contributed by atoms with Crippen molar-refractivity contribution in [3.63, 3.8) is 0 Å². The van der Waals surface area contributed by atoms with Crippen LogP contribution in [0.3, 0.4) is 0 Å². The van der Waals surface area contributed by atoms with Crippen LogP contribution in [0.4, 0.5) is 0 Å². The van der Waals surface area contributed by atoms with Gasteiger partial charge in [0.1, 0.15) is 0 Å². The van der Waals surface area contributed by atoms with Crippen LogP contribution in [-0.2, 0) is 9.53 Å². The summed E-state index contributed by atoms with van der Waals surface area (Å²) >= 11 is 0. The van der Waals surface area contributed by atoms with E-state index >= 15 is 0 Å². The molecule has 2 rings (SSSR count). The van der Waals surface area contributed by atoms with E-state index in [9.17, 15) is 9.90 Å². The zero-order valence-electron chi connectivity index (χ0n) is 9.95. The van der Waals surface area contributed by atoms with Gasteiger partial charge < -0.3 is 14.7 Å². The van der Waals surface area contributed by atoms with Crippen LogP contribution in [0.5, 0.6) is 0 Å². The van der Waals surface area contributed by atoms with E-state index in [1.807, 2.05) is 0 Å². The Balaban J connectivity index is 1.80. The van der Waals surface area contributed by atoms with Crippen molar-refractivity contribution in [1.82, 2.24) is 4.90 Å². The minimum absolute atomic E-state index is 0.125. The summed E-state index contributed by atoms with van der Waals surface area (Å²) in [5.41, 5.74) is -0.602. The third-order valence-corrected chi connectivity index (χ3v) is 3.57. The first-order chi connectivity index (χ1) is 7.64. The van der Waals surface area contributed by atoms with Crippen molar-refractivity contribution in [3.8, 4) is 0 Å². The van der Waals surface area contributed by atoms with E-state index in [1.54, 1.807) is 4.90 Å². The van der Waals surface area contributed by atoms with Crippen LogP contribution in [0.1, 0.15) is 32.6 Å². The normalized spacial score (nSPS) is 25.2. The molecule has 16 heavy (non-hydrogen) atoms. The number of likely N-dealkylation sites (tertiary alicyclic amines) is 1. The first-order valence-corrected chi connectivity index (χ1v) is 6.23. The molecule has 0 saturated carbocycles. The molecule has 2 heterocycles. The van der Waals surface area contributed by atoms with Crippen molar-refractivity contribution in [2.75, 3.05) is 26.3 Å². The molecule has 2 aliphatic heterocycles. The lowest BCUT2D eigenvalue weighted by Gasteiger charge is -2.48. The zero-order valence-corrected chi connectivity index (χ0v) is 9.95. The van der Waals surface area contributed by atoms with Crippen molar-refractivity contribution < 1.29 is 14.6 Å². The van der Waals surface area contributed by atoms with Crippen molar-refractivity contribution >= 4 is 5.91 Å². The van der Waals surface area contributed by atoms with E-state index in [0.29, 0.717) is 26.3 Å². The molecule has 1 N–H and O–H groups in total. The van der Waals surface area contributed by atoms with Gasteiger partial charge in [0.2, 0.25) is 5.91 Å². The summed E-state index contributed by atoms with van der Waals surface area (Å²) in [4.78, 5) is 13.8. The molecule has 0 bridgehead atoms. The quantitative estimate of drug-likeness (QED) is 0.775. The van der Waals surface area contributed by atoms with Gasteiger partial charge in [-0.2, -0.15) is 0 Å². The predicted octanol–water partition coefficient (Wildman–Crippen LogP) is 0.786. The topological polar surface area (TPSA) is 49.8 Å². The molecule has 0 unspecified atom stereocenters. The van der Waals surface area contributed by atoms with Crippen LogP contribution >= 0.6 is 0 Å². The molecule has 0 aliphatic carbocycles. The van der Waals surface area contributed by atoms with E-state index in [-0.39, 0.29) is 11.8 Å². The highest BCUT2D eigenvalue weighted by Gasteiger charge is 2.44. The van der Waals surface area contributed by atoms with Gasteiger partial charge in [0.15, 0.2) is 0 Å². The number of aliphatic hydroxyl groups is 1. The highest BCUT2D eigenvalue weighted by atomic mass is 16.5. The average Bonchev–Trinajstić information content (AvgIpc) is 2.26. The SMILES string of the molecule is CCCC1(O)CN(C(=O)C2CCOCC2)C1. The van der Waals surface area contributed by atoms with Crippen LogP contribution in [0, 0.1) is 5.92 Å². The Hall–Kier alpha value is -0.610. The van der Waals surface area contributed by atoms with Gasteiger partial charge in [0.25, 0.3) is 0 Å². The molecule has 0 aromatic rings. The molecule has 4 nitrogen and oxygen atoms in total. The summed E-state index contributed by atoms with van der Waals surface area (Å²) in [6.07, 6.45) is 3.43. The van der Waals surface area contributed by atoms with Crippen LogP contribution in [-0.4, -0.2) is 47.8 Å². The highest BCUT2D eigenvalue weighted by Crippen LogP contribution is 2.29. The highest BCUT2D eigenvalue weighted by molar-refractivity contribution is 5.80. The van der Waals surface area contributed by atoms with Gasteiger partial charge in [-0.15, -0.1) is 0 Å². The number of ether oxygens (including phenoxy) is 1. The van der Waals surface area contributed by atoms with E-state index < -0.39 is 5.60 Å². The van der Waals surface area contributed by atoms with Crippen LogP contribution in [0.25, 0.3) is 0 Å². The Morgan fingerprint density at radius 2 is 2.06 bits per heavy atom. The lowest BCUT2D eigenvalue weighted by Crippen LogP contribution is -2.64. The van der Waals surface area contributed by atoms with E-state index in [0.717, 1.165) is 25.7 Å². The predicted molar refractivity (Wildman–Crippen MR) is 60.0 cm³/mol. The van der Waals surface area contributed by atoms with Gasteiger partial charge in [-0.1, -0.05) is 13.3 Å². The Morgan fingerprint density at radius 3 is 2.62 bits per heavy atom. The van der Waals surface area contributed by atoms with Crippen LogP contribution in [0.2, 0.25) is 0 Å². The third-order valence-electron chi connectivity index (χ3n) is 3.57. The maximum Gasteiger partial charge on any atom is 0.226 e. The minimum Gasteiger partial charge on any atom is -0.386 e. The molecule has 92 valence electrons. The van der Waals surface area contributed by atoms with Gasteiger partial charge in [0.05, 0.1) is 18.7 Å². The molecule has 0 aromatic heterocycles. The molecule has 1 amide bonds. The van der Waals surface area contributed by atoms with E-state index in [4.69, 9.17) is 4.74 Å². The Labute approximate surface area is 96.6 Å². The monoisotopic (exact) mass is 227 g/mol.